The Morgan fingerprint density at radius 1 is 0.933 bits per heavy atom. The summed E-state index contributed by atoms with van der Waals surface area (Å²) in [6, 6.07) is 2.50. The Morgan fingerprint density at radius 3 is 2.33 bits per heavy atom. The molecule has 86 valence electrons. The molecule has 2 heterocycles. The van der Waals surface area contributed by atoms with Crippen LogP contribution in [0.5, 0.6) is 0 Å². The zero-order chi connectivity index (χ0) is 10.3. The molecule has 0 amide bonds. The van der Waals surface area contributed by atoms with Crippen molar-refractivity contribution in [1.82, 2.24) is 15.1 Å². The number of hydrogen-bond donors (Lipinski definition) is 1. The fourth-order valence-corrected chi connectivity index (χ4v) is 3.10. The molecule has 1 N–H and O–H groups in total. The molecular formula is C12H23N3. The van der Waals surface area contributed by atoms with Crippen molar-refractivity contribution < 1.29 is 0 Å². The normalized spacial score (nSPS) is 39.0. The van der Waals surface area contributed by atoms with Crippen molar-refractivity contribution >= 4 is 0 Å². The SMILES string of the molecule is CN1CCC(NC2CCN(C3CC3)C2)C1. The van der Waals surface area contributed by atoms with E-state index in [1.165, 1.54) is 51.9 Å². The molecule has 2 aliphatic heterocycles. The fraction of sp³-hybridized carbons (Fsp3) is 1.00. The molecule has 0 aromatic rings. The predicted octanol–water partition coefficient (Wildman–Crippen LogP) is 0.517. The summed E-state index contributed by atoms with van der Waals surface area (Å²) >= 11 is 0. The second-order valence-electron chi connectivity index (χ2n) is 5.63. The minimum atomic E-state index is 0.763. The summed E-state index contributed by atoms with van der Waals surface area (Å²) in [4.78, 5) is 5.13. The van der Waals surface area contributed by atoms with Gasteiger partial charge in [0.2, 0.25) is 0 Å². The average molecular weight is 209 g/mol. The molecule has 15 heavy (non-hydrogen) atoms. The first kappa shape index (κ1) is 10.1. The van der Waals surface area contributed by atoms with Crippen LogP contribution in [0.15, 0.2) is 0 Å². The van der Waals surface area contributed by atoms with E-state index in [4.69, 9.17) is 0 Å². The van der Waals surface area contributed by atoms with Crippen LogP contribution in [0.2, 0.25) is 0 Å². The molecule has 3 rings (SSSR count). The van der Waals surface area contributed by atoms with Gasteiger partial charge in [-0.1, -0.05) is 0 Å². The van der Waals surface area contributed by atoms with Crippen LogP contribution in [-0.2, 0) is 0 Å². The van der Waals surface area contributed by atoms with Crippen molar-refractivity contribution in [3.63, 3.8) is 0 Å². The monoisotopic (exact) mass is 209 g/mol. The number of nitrogens with zero attached hydrogens (tertiary/aromatic N) is 2. The molecule has 3 nitrogen and oxygen atoms in total. The number of likely N-dealkylation sites (N-methyl/N-ethyl adjacent to an activating group) is 1. The zero-order valence-electron chi connectivity index (χ0n) is 9.78. The third kappa shape index (κ3) is 2.35. The van der Waals surface area contributed by atoms with Gasteiger partial charge < -0.3 is 10.2 Å². The van der Waals surface area contributed by atoms with E-state index in [1.54, 1.807) is 0 Å². The van der Waals surface area contributed by atoms with Crippen molar-refractivity contribution in [2.24, 2.45) is 0 Å². The van der Waals surface area contributed by atoms with Crippen LogP contribution in [0.3, 0.4) is 0 Å². The first-order chi connectivity index (χ1) is 7.31. The minimum Gasteiger partial charge on any atom is -0.309 e. The van der Waals surface area contributed by atoms with Gasteiger partial charge in [-0.2, -0.15) is 0 Å². The van der Waals surface area contributed by atoms with Crippen molar-refractivity contribution in [1.29, 1.82) is 0 Å². The van der Waals surface area contributed by atoms with Gasteiger partial charge >= 0.3 is 0 Å². The Bertz CT molecular complexity index is 227. The maximum atomic E-state index is 3.84. The van der Waals surface area contributed by atoms with Crippen LogP contribution < -0.4 is 5.32 Å². The van der Waals surface area contributed by atoms with E-state index >= 15 is 0 Å². The van der Waals surface area contributed by atoms with E-state index in [0.717, 1.165) is 18.1 Å². The van der Waals surface area contributed by atoms with Crippen molar-refractivity contribution in [2.45, 2.75) is 43.8 Å². The number of likely N-dealkylation sites (tertiary alicyclic amines) is 2. The molecule has 0 aromatic carbocycles. The van der Waals surface area contributed by atoms with Crippen molar-refractivity contribution in [3.05, 3.63) is 0 Å². The largest absolute Gasteiger partial charge is 0.309 e. The van der Waals surface area contributed by atoms with Gasteiger partial charge in [0.1, 0.15) is 0 Å². The third-order valence-electron chi connectivity index (χ3n) is 4.15. The van der Waals surface area contributed by atoms with Crippen LogP contribution in [0.1, 0.15) is 25.7 Å². The quantitative estimate of drug-likeness (QED) is 0.731. The lowest BCUT2D eigenvalue weighted by atomic mass is 10.2. The Kier molecular flexibility index (Phi) is 2.71. The van der Waals surface area contributed by atoms with Gasteiger partial charge in [-0.25, -0.2) is 0 Å². The van der Waals surface area contributed by atoms with Crippen LogP contribution in [0.25, 0.3) is 0 Å². The molecule has 1 aliphatic carbocycles. The fourth-order valence-electron chi connectivity index (χ4n) is 3.10. The van der Waals surface area contributed by atoms with Crippen LogP contribution in [0, 0.1) is 0 Å². The molecular weight excluding hydrogens is 186 g/mol. The highest BCUT2D eigenvalue weighted by Crippen LogP contribution is 2.30. The molecule has 3 heteroatoms. The number of hydrogen-bond acceptors (Lipinski definition) is 3. The number of nitrogens with one attached hydrogen (secondary N) is 1. The smallest absolute Gasteiger partial charge is 0.0210 e. The topological polar surface area (TPSA) is 18.5 Å². The van der Waals surface area contributed by atoms with Gasteiger partial charge in [0.15, 0.2) is 0 Å². The summed E-state index contributed by atoms with van der Waals surface area (Å²) in [7, 11) is 2.23. The molecule has 0 aromatic heterocycles. The molecule has 2 atom stereocenters. The Morgan fingerprint density at radius 2 is 1.67 bits per heavy atom. The molecule has 3 aliphatic rings. The lowest BCUT2D eigenvalue weighted by molar-refractivity contribution is 0.310. The van der Waals surface area contributed by atoms with E-state index in [2.05, 4.69) is 22.2 Å². The second kappa shape index (κ2) is 4.04. The van der Waals surface area contributed by atoms with Gasteiger partial charge in [-0.3, -0.25) is 4.90 Å². The van der Waals surface area contributed by atoms with E-state index in [9.17, 15) is 0 Å². The molecule has 2 unspecified atom stereocenters. The predicted molar refractivity (Wildman–Crippen MR) is 62.0 cm³/mol. The van der Waals surface area contributed by atoms with E-state index < -0.39 is 0 Å². The maximum Gasteiger partial charge on any atom is 0.0210 e. The molecule has 0 radical (unpaired) electrons. The molecule has 1 saturated carbocycles. The summed E-state index contributed by atoms with van der Waals surface area (Å²) in [5.41, 5.74) is 0. The van der Waals surface area contributed by atoms with E-state index in [-0.39, 0.29) is 0 Å². The molecule has 2 saturated heterocycles. The van der Waals surface area contributed by atoms with Crippen molar-refractivity contribution in [2.75, 3.05) is 33.2 Å². The molecule has 3 fully saturated rings. The first-order valence-corrected chi connectivity index (χ1v) is 6.50. The van der Waals surface area contributed by atoms with Crippen LogP contribution >= 0.6 is 0 Å². The third-order valence-corrected chi connectivity index (χ3v) is 4.15. The second-order valence-corrected chi connectivity index (χ2v) is 5.63. The van der Waals surface area contributed by atoms with E-state index in [1.807, 2.05) is 0 Å². The first-order valence-electron chi connectivity index (χ1n) is 6.50. The van der Waals surface area contributed by atoms with Gasteiger partial charge in [0, 0.05) is 37.8 Å². The van der Waals surface area contributed by atoms with Gasteiger partial charge in [0.05, 0.1) is 0 Å². The Labute approximate surface area is 92.8 Å². The highest BCUT2D eigenvalue weighted by Gasteiger charge is 2.35. The van der Waals surface area contributed by atoms with Crippen LogP contribution in [-0.4, -0.2) is 61.2 Å². The lowest BCUT2D eigenvalue weighted by Gasteiger charge is -2.19. The minimum absolute atomic E-state index is 0.763. The Hall–Kier alpha value is -0.120. The molecule has 0 bridgehead atoms. The summed E-state index contributed by atoms with van der Waals surface area (Å²) in [6.45, 7) is 5.17. The number of rotatable bonds is 3. The lowest BCUT2D eigenvalue weighted by Crippen LogP contribution is -2.41. The van der Waals surface area contributed by atoms with Gasteiger partial charge in [-0.05, 0) is 39.3 Å². The van der Waals surface area contributed by atoms with E-state index in [0.29, 0.717) is 0 Å². The summed E-state index contributed by atoms with van der Waals surface area (Å²) in [6.07, 6.45) is 5.63. The summed E-state index contributed by atoms with van der Waals surface area (Å²) in [5, 5.41) is 3.84. The van der Waals surface area contributed by atoms with Gasteiger partial charge in [-0.15, -0.1) is 0 Å². The van der Waals surface area contributed by atoms with Crippen LogP contribution in [0.4, 0.5) is 0 Å². The van der Waals surface area contributed by atoms with Gasteiger partial charge in [0.25, 0.3) is 0 Å². The maximum absolute atomic E-state index is 3.84. The summed E-state index contributed by atoms with van der Waals surface area (Å²) < 4.78 is 0. The zero-order valence-corrected chi connectivity index (χ0v) is 9.78. The average Bonchev–Trinajstić information content (AvgIpc) is 2.84. The highest BCUT2D eigenvalue weighted by atomic mass is 15.2. The highest BCUT2D eigenvalue weighted by molar-refractivity contribution is 4.93. The summed E-state index contributed by atoms with van der Waals surface area (Å²) in [5.74, 6) is 0. The van der Waals surface area contributed by atoms with Crippen molar-refractivity contribution in [3.8, 4) is 0 Å². The molecule has 0 spiro atoms. The standard InChI is InChI=1S/C12H23N3/c1-14-6-4-10(8-14)13-11-5-7-15(9-11)12-2-3-12/h10-13H,2-9H2,1H3. The Balaban J connectivity index is 1.44.